The minimum absolute atomic E-state index is 0.247. The van der Waals surface area contributed by atoms with Gasteiger partial charge in [-0.05, 0) is 25.7 Å². The van der Waals surface area contributed by atoms with Crippen LogP contribution in [0.25, 0.3) is 0 Å². The molecule has 2 heteroatoms. The van der Waals surface area contributed by atoms with E-state index in [1.54, 1.807) is 6.92 Å². The van der Waals surface area contributed by atoms with Crippen molar-refractivity contribution in [3.8, 4) is 0 Å². The van der Waals surface area contributed by atoms with Gasteiger partial charge in [0.25, 0.3) is 0 Å². The standard InChI is InChI=1S/C9H13ClO/c1-6-3-4-8(7(2)10)9(11)5-6/h6H,3-5H2,1-2H3/b8-7+/t6-/m1/s1. The lowest BCUT2D eigenvalue weighted by atomic mass is 9.86. The third-order valence-electron chi connectivity index (χ3n) is 2.17. The van der Waals surface area contributed by atoms with Gasteiger partial charge in [0.1, 0.15) is 0 Å². The molecule has 0 unspecified atom stereocenters. The first-order valence-corrected chi connectivity index (χ1v) is 4.37. The summed E-state index contributed by atoms with van der Waals surface area (Å²) in [5, 5.41) is 0.682. The molecular weight excluding hydrogens is 160 g/mol. The van der Waals surface area contributed by atoms with Crippen LogP contribution in [0.15, 0.2) is 10.6 Å². The summed E-state index contributed by atoms with van der Waals surface area (Å²) in [6.07, 6.45) is 2.65. The molecule has 1 aliphatic rings. The van der Waals surface area contributed by atoms with Crippen molar-refractivity contribution in [2.75, 3.05) is 0 Å². The van der Waals surface area contributed by atoms with Crippen LogP contribution >= 0.6 is 11.6 Å². The Labute approximate surface area is 72.4 Å². The van der Waals surface area contributed by atoms with Gasteiger partial charge >= 0.3 is 0 Å². The molecule has 0 aromatic heterocycles. The van der Waals surface area contributed by atoms with Gasteiger partial charge in [0.05, 0.1) is 0 Å². The van der Waals surface area contributed by atoms with Gasteiger partial charge < -0.3 is 0 Å². The van der Waals surface area contributed by atoms with E-state index in [0.29, 0.717) is 17.4 Å². The Kier molecular flexibility index (Phi) is 2.72. The molecule has 0 aromatic rings. The molecule has 1 saturated carbocycles. The Morgan fingerprint density at radius 2 is 2.27 bits per heavy atom. The molecule has 0 radical (unpaired) electrons. The summed E-state index contributed by atoms with van der Waals surface area (Å²) in [4.78, 5) is 11.3. The largest absolute Gasteiger partial charge is 0.295 e. The minimum atomic E-state index is 0.247. The van der Waals surface area contributed by atoms with Gasteiger partial charge in [-0.2, -0.15) is 0 Å². The average molecular weight is 173 g/mol. The van der Waals surface area contributed by atoms with Crippen LogP contribution in [0.1, 0.15) is 33.1 Å². The van der Waals surface area contributed by atoms with E-state index < -0.39 is 0 Å². The highest BCUT2D eigenvalue weighted by atomic mass is 35.5. The monoisotopic (exact) mass is 172 g/mol. The predicted octanol–water partition coefficient (Wildman–Crippen LogP) is 2.89. The van der Waals surface area contributed by atoms with Crippen LogP contribution in [0.3, 0.4) is 0 Å². The van der Waals surface area contributed by atoms with Crippen molar-refractivity contribution < 1.29 is 4.79 Å². The first kappa shape index (κ1) is 8.79. The van der Waals surface area contributed by atoms with Crippen molar-refractivity contribution in [1.82, 2.24) is 0 Å². The van der Waals surface area contributed by atoms with Gasteiger partial charge in [-0.15, -0.1) is 0 Å². The number of hydrogen-bond donors (Lipinski definition) is 0. The molecule has 0 aliphatic heterocycles. The van der Waals surface area contributed by atoms with E-state index in [1.807, 2.05) is 0 Å². The van der Waals surface area contributed by atoms with E-state index in [9.17, 15) is 4.79 Å². The van der Waals surface area contributed by atoms with E-state index in [2.05, 4.69) is 6.92 Å². The van der Waals surface area contributed by atoms with Crippen molar-refractivity contribution in [3.05, 3.63) is 10.6 Å². The summed E-state index contributed by atoms with van der Waals surface area (Å²) in [6.45, 7) is 3.91. The van der Waals surface area contributed by atoms with Crippen LogP contribution in [0.4, 0.5) is 0 Å². The lowest BCUT2D eigenvalue weighted by Gasteiger charge is -2.19. The van der Waals surface area contributed by atoms with Crippen LogP contribution < -0.4 is 0 Å². The fourth-order valence-corrected chi connectivity index (χ4v) is 1.64. The summed E-state index contributed by atoms with van der Waals surface area (Å²) in [6, 6.07) is 0. The highest BCUT2D eigenvalue weighted by Crippen LogP contribution is 2.27. The zero-order valence-corrected chi connectivity index (χ0v) is 7.74. The maximum atomic E-state index is 11.3. The molecule has 1 fully saturated rings. The van der Waals surface area contributed by atoms with Crippen molar-refractivity contribution in [2.45, 2.75) is 33.1 Å². The Balaban J connectivity index is 2.74. The first-order chi connectivity index (χ1) is 5.11. The van der Waals surface area contributed by atoms with Crippen LogP contribution in [0.5, 0.6) is 0 Å². The summed E-state index contributed by atoms with van der Waals surface area (Å²) in [7, 11) is 0. The highest BCUT2D eigenvalue weighted by Gasteiger charge is 2.21. The molecule has 0 heterocycles. The summed E-state index contributed by atoms with van der Waals surface area (Å²) >= 11 is 5.76. The number of allylic oxidation sites excluding steroid dienone is 2. The number of halogens is 1. The number of carbonyl (C=O) groups excluding carboxylic acids is 1. The topological polar surface area (TPSA) is 17.1 Å². The van der Waals surface area contributed by atoms with Gasteiger partial charge in [-0.3, -0.25) is 4.79 Å². The van der Waals surface area contributed by atoms with Gasteiger partial charge in [-0.25, -0.2) is 0 Å². The van der Waals surface area contributed by atoms with Crippen LogP contribution in [0.2, 0.25) is 0 Å². The highest BCUT2D eigenvalue weighted by molar-refractivity contribution is 6.31. The van der Waals surface area contributed by atoms with E-state index in [-0.39, 0.29) is 5.78 Å². The maximum absolute atomic E-state index is 11.3. The van der Waals surface area contributed by atoms with Gasteiger partial charge in [0.2, 0.25) is 0 Å². The van der Waals surface area contributed by atoms with E-state index >= 15 is 0 Å². The van der Waals surface area contributed by atoms with Crippen molar-refractivity contribution >= 4 is 17.4 Å². The van der Waals surface area contributed by atoms with E-state index in [0.717, 1.165) is 18.4 Å². The number of carbonyl (C=O) groups is 1. The lowest BCUT2D eigenvalue weighted by Crippen LogP contribution is -2.15. The van der Waals surface area contributed by atoms with Crippen LogP contribution in [-0.4, -0.2) is 5.78 Å². The number of hydrogen-bond acceptors (Lipinski definition) is 1. The van der Waals surface area contributed by atoms with Gasteiger partial charge in [0.15, 0.2) is 5.78 Å². The summed E-state index contributed by atoms with van der Waals surface area (Å²) in [5.74, 6) is 0.790. The van der Waals surface area contributed by atoms with Crippen molar-refractivity contribution in [1.29, 1.82) is 0 Å². The smallest absolute Gasteiger partial charge is 0.160 e. The number of rotatable bonds is 0. The van der Waals surface area contributed by atoms with E-state index in [1.165, 1.54) is 0 Å². The number of ketones is 1. The third-order valence-corrected chi connectivity index (χ3v) is 2.40. The van der Waals surface area contributed by atoms with Crippen LogP contribution in [-0.2, 0) is 4.79 Å². The second-order valence-electron chi connectivity index (χ2n) is 3.28. The van der Waals surface area contributed by atoms with Gasteiger partial charge in [-0.1, -0.05) is 18.5 Å². The molecule has 0 aromatic carbocycles. The molecule has 0 amide bonds. The van der Waals surface area contributed by atoms with Crippen molar-refractivity contribution in [3.63, 3.8) is 0 Å². The minimum Gasteiger partial charge on any atom is -0.295 e. The molecule has 1 aliphatic carbocycles. The molecule has 0 N–H and O–H groups in total. The van der Waals surface area contributed by atoms with Crippen LogP contribution in [0, 0.1) is 5.92 Å². The van der Waals surface area contributed by atoms with Gasteiger partial charge in [0, 0.05) is 17.0 Å². The second kappa shape index (κ2) is 3.40. The zero-order valence-electron chi connectivity index (χ0n) is 6.98. The molecule has 0 bridgehead atoms. The maximum Gasteiger partial charge on any atom is 0.160 e. The molecule has 0 spiro atoms. The Hall–Kier alpha value is -0.300. The molecule has 11 heavy (non-hydrogen) atoms. The fourth-order valence-electron chi connectivity index (χ4n) is 1.44. The first-order valence-electron chi connectivity index (χ1n) is 3.99. The SMILES string of the molecule is C/C(Cl)=C1/CC[C@@H](C)CC1=O. The summed E-state index contributed by atoms with van der Waals surface area (Å²) in [5.41, 5.74) is 0.852. The summed E-state index contributed by atoms with van der Waals surface area (Å²) < 4.78 is 0. The fraction of sp³-hybridized carbons (Fsp3) is 0.667. The zero-order chi connectivity index (χ0) is 8.43. The normalized spacial score (nSPS) is 30.5. The Bertz CT molecular complexity index is 202. The quantitative estimate of drug-likeness (QED) is 0.514. The second-order valence-corrected chi connectivity index (χ2v) is 3.85. The Morgan fingerprint density at radius 1 is 1.64 bits per heavy atom. The molecular formula is C9H13ClO. The predicted molar refractivity (Wildman–Crippen MR) is 46.6 cm³/mol. The lowest BCUT2D eigenvalue weighted by molar-refractivity contribution is -0.117. The molecule has 0 saturated heterocycles. The van der Waals surface area contributed by atoms with Crippen molar-refractivity contribution in [2.24, 2.45) is 5.92 Å². The number of Topliss-reactive ketones (excluding diaryl/α,β-unsaturated/α-hetero) is 1. The Morgan fingerprint density at radius 3 is 2.73 bits per heavy atom. The average Bonchev–Trinajstić information content (AvgIpc) is 1.85. The third kappa shape index (κ3) is 2.06. The molecule has 1 nitrogen and oxygen atoms in total. The molecule has 1 atom stereocenters. The molecule has 1 rings (SSSR count). The van der Waals surface area contributed by atoms with E-state index in [4.69, 9.17) is 11.6 Å². The molecule has 62 valence electrons.